The minimum Gasteiger partial charge on any atom is -0.375 e. The van der Waals surface area contributed by atoms with Crippen LogP contribution in [0, 0.1) is 5.41 Å². The molecule has 0 saturated carbocycles. The molecule has 1 aromatic rings. The van der Waals surface area contributed by atoms with Gasteiger partial charge in [0.2, 0.25) is 5.91 Å². The Kier molecular flexibility index (Phi) is 13.1. The normalized spacial score (nSPS) is 11.5. The second-order valence-electron chi connectivity index (χ2n) is 6.40. The first-order valence-corrected chi connectivity index (χ1v) is 8.91. The van der Waals surface area contributed by atoms with Crippen LogP contribution in [0.2, 0.25) is 0 Å². The smallest absolute Gasteiger partial charge is 0.227 e. The molecule has 1 amide bonds. The lowest BCUT2D eigenvalue weighted by Gasteiger charge is -2.22. The third-order valence-electron chi connectivity index (χ3n) is 3.58. The highest BCUT2D eigenvalue weighted by Crippen LogP contribution is 2.15. The van der Waals surface area contributed by atoms with Crippen molar-refractivity contribution in [1.29, 1.82) is 0 Å². The van der Waals surface area contributed by atoms with E-state index < -0.39 is 5.41 Å². The number of halogens is 1. The van der Waals surface area contributed by atoms with Gasteiger partial charge in [0.05, 0.1) is 25.2 Å². The maximum atomic E-state index is 12.0. The molecular weight excluding hydrogens is 443 g/mol. The number of carbonyl (C=O) groups is 1. The fourth-order valence-corrected chi connectivity index (χ4v) is 2.10. The molecule has 0 aliphatic heterocycles. The summed E-state index contributed by atoms with van der Waals surface area (Å²) in [6, 6.07) is 10.1. The molecule has 0 fully saturated rings. The van der Waals surface area contributed by atoms with Crippen LogP contribution in [0.4, 0.5) is 0 Å². The van der Waals surface area contributed by atoms with E-state index in [1.807, 2.05) is 58.0 Å². The van der Waals surface area contributed by atoms with Gasteiger partial charge in [-0.2, -0.15) is 0 Å². The lowest BCUT2D eigenvalue weighted by atomic mass is 9.92. The van der Waals surface area contributed by atoms with Crippen LogP contribution in [0.3, 0.4) is 0 Å². The zero-order chi connectivity index (χ0) is 18.5. The molecule has 1 rings (SSSR count). The molecule has 0 aliphatic rings. The minimum atomic E-state index is -0.540. The number of carbonyl (C=O) groups excluding carboxylic acids is 1. The number of ether oxygens (including phenoxy) is 1. The van der Waals surface area contributed by atoms with Gasteiger partial charge in [0, 0.05) is 19.6 Å². The van der Waals surface area contributed by atoms with Gasteiger partial charge in [0.1, 0.15) is 0 Å². The van der Waals surface area contributed by atoms with E-state index in [2.05, 4.69) is 20.9 Å². The Balaban J connectivity index is 0.00000625. The van der Waals surface area contributed by atoms with Gasteiger partial charge in [0.15, 0.2) is 5.96 Å². The maximum absolute atomic E-state index is 12.0. The summed E-state index contributed by atoms with van der Waals surface area (Å²) in [5.74, 6) is 0.712. The third kappa shape index (κ3) is 9.96. The van der Waals surface area contributed by atoms with Crippen LogP contribution in [-0.4, -0.2) is 44.7 Å². The van der Waals surface area contributed by atoms with Gasteiger partial charge in [-0.15, -0.1) is 24.0 Å². The topological polar surface area (TPSA) is 74.8 Å². The molecule has 0 unspecified atom stereocenters. The summed E-state index contributed by atoms with van der Waals surface area (Å²) >= 11 is 0. The first kappa shape index (κ1) is 24.7. The summed E-state index contributed by atoms with van der Waals surface area (Å²) in [7, 11) is 0. The van der Waals surface area contributed by atoms with Crippen molar-refractivity contribution in [2.24, 2.45) is 10.4 Å². The first-order chi connectivity index (χ1) is 12.0. The zero-order valence-corrected chi connectivity index (χ0v) is 18.6. The summed E-state index contributed by atoms with van der Waals surface area (Å²) in [6.07, 6.45) is 0. The van der Waals surface area contributed by atoms with E-state index in [1.54, 1.807) is 0 Å². The summed E-state index contributed by atoms with van der Waals surface area (Å²) in [5.41, 5.74) is 0.620. The Morgan fingerprint density at radius 2 is 1.73 bits per heavy atom. The molecule has 0 heterocycles. The maximum Gasteiger partial charge on any atom is 0.227 e. The molecule has 3 N–H and O–H groups in total. The van der Waals surface area contributed by atoms with Crippen LogP contribution < -0.4 is 16.0 Å². The van der Waals surface area contributed by atoms with Crippen LogP contribution >= 0.6 is 24.0 Å². The van der Waals surface area contributed by atoms with Crippen molar-refractivity contribution >= 4 is 35.8 Å². The Hall–Kier alpha value is -1.35. The number of amides is 1. The Labute approximate surface area is 174 Å². The highest BCUT2D eigenvalue weighted by atomic mass is 127. The fourth-order valence-electron chi connectivity index (χ4n) is 2.10. The number of nitrogens with one attached hydrogen (secondary N) is 3. The van der Waals surface area contributed by atoms with Crippen LogP contribution in [0.15, 0.2) is 35.3 Å². The zero-order valence-electron chi connectivity index (χ0n) is 16.3. The fraction of sp³-hybridized carbons (Fsp3) is 0.579. The largest absolute Gasteiger partial charge is 0.375 e. The highest BCUT2D eigenvalue weighted by Gasteiger charge is 2.26. The monoisotopic (exact) mass is 476 g/mol. The quantitative estimate of drug-likeness (QED) is 0.210. The van der Waals surface area contributed by atoms with Gasteiger partial charge >= 0.3 is 0 Å². The number of rotatable bonds is 10. The van der Waals surface area contributed by atoms with E-state index in [9.17, 15) is 4.79 Å². The highest BCUT2D eigenvalue weighted by molar-refractivity contribution is 14.0. The number of hydrogen-bond donors (Lipinski definition) is 3. The molecule has 148 valence electrons. The molecule has 7 heteroatoms. The predicted octanol–water partition coefficient (Wildman–Crippen LogP) is 2.54. The van der Waals surface area contributed by atoms with E-state index >= 15 is 0 Å². The van der Waals surface area contributed by atoms with Crippen molar-refractivity contribution in [1.82, 2.24) is 16.0 Å². The van der Waals surface area contributed by atoms with Crippen LogP contribution in [0.1, 0.15) is 33.3 Å². The molecular formula is C19H33IN4O2. The average molecular weight is 476 g/mol. The average Bonchev–Trinajstić information content (AvgIpc) is 2.60. The summed E-state index contributed by atoms with van der Waals surface area (Å²) in [4.78, 5) is 16.6. The SMILES string of the molecule is CCNC(=O)C(C)(C)CN=C(NCC)NCCOCc1ccccc1.I. The van der Waals surface area contributed by atoms with E-state index in [0.717, 1.165) is 12.1 Å². The summed E-state index contributed by atoms with van der Waals surface area (Å²) in [6.45, 7) is 11.4. The van der Waals surface area contributed by atoms with Crippen molar-refractivity contribution < 1.29 is 9.53 Å². The molecule has 0 radical (unpaired) electrons. The van der Waals surface area contributed by atoms with Gasteiger partial charge in [-0.05, 0) is 33.3 Å². The van der Waals surface area contributed by atoms with Gasteiger partial charge in [-0.1, -0.05) is 30.3 Å². The molecule has 0 spiro atoms. The van der Waals surface area contributed by atoms with E-state index in [-0.39, 0.29) is 29.9 Å². The second kappa shape index (κ2) is 13.8. The Bertz CT molecular complexity index is 536. The van der Waals surface area contributed by atoms with Crippen LogP contribution in [-0.2, 0) is 16.1 Å². The molecule has 1 aromatic carbocycles. The van der Waals surface area contributed by atoms with E-state index in [1.165, 1.54) is 0 Å². The Morgan fingerprint density at radius 1 is 1.08 bits per heavy atom. The molecule has 0 bridgehead atoms. The summed E-state index contributed by atoms with van der Waals surface area (Å²) in [5, 5.41) is 9.27. The number of aliphatic imine (C=N–C) groups is 1. The first-order valence-electron chi connectivity index (χ1n) is 8.91. The van der Waals surface area contributed by atoms with E-state index in [4.69, 9.17) is 4.74 Å². The van der Waals surface area contributed by atoms with Crippen molar-refractivity contribution in [2.75, 3.05) is 32.8 Å². The molecule has 6 nitrogen and oxygen atoms in total. The molecule has 0 atom stereocenters. The van der Waals surface area contributed by atoms with Gasteiger partial charge in [-0.25, -0.2) is 0 Å². The van der Waals surface area contributed by atoms with Gasteiger partial charge in [0.25, 0.3) is 0 Å². The number of benzene rings is 1. The molecule has 0 aliphatic carbocycles. The van der Waals surface area contributed by atoms with Crippen LogP contribution in [0.5, 0.6) is 0 Å². The lowest BCUT2D eigenvalue weighted by molar-refractivity contribution is -0.128. The van der Waals surface area contributed by atoms with Gasteiger partial charge < -0.3 is 20.7 Å². The van der Waals surface area contributed by atoms with Crippen molar-refractivity contribution in [3.8, 4) is 0 Å². The van der Waals surface area contributed by atoms with Crippen molar-refractivity contribution in [3.63, 3.8) is 0 Å². The lowest BCUT2D eigenvalue weighted by Crippen LogP contribution is -2.42. The Morgan fingerprint density at radius 3 is 2.35 bits per heavy atom. The molecule has 0 saturated heterocycles. The molecule has 26 heavy (non-hydrogen) atoms. The second-order valence-corrected chi connectivity index (χ2v) is 6.40. The van der Waals surface area contributed by atoms with Gasteiger partial charge in [-0.3, -0.25) is 9.79 Å². The minimum absolute atomic E-state index is 0. The standard InChI is InChI=1S/C19H32N4O2.HI/c1-5-20-17(24)19(3,4)15-23-18(21-6-2)22-12-13-25-14-16-10-8-7-9-11-16;/h7-11H,5-6,12-15H2,1-4H3,(H,20,24)(H2,21,22,23);1H. The number of hydrogen-bond acceptors (Lipinski definition) is 3. The summed E-state index contributed by atoms with van der Waals surface area (Å²) < 4.78 is 5.65. The van der Waals surface area contributed by atoms with E-state index in [0.29, 0.717) is 38.8 Å². The van der Waals surface area contributed by atoms with Crippen LogP contribution in [0.25, 0.3) is 0 Å². The predicted molar refractivity (Wildman–Crippen MR) is 118 cm³/mol. The van der Waals surface area contributed by atoms with Crippen molar-refractivity contribution in [2.45, 2.75) is 34.3 Å². The molecule has 0 aromatic heterocycles. The van der Waals surface area contributed by atoms with Crippen molar-refractivity contribution in [3.05, 3.63) is 35.9 Å². The number of guanidine groups is 1. The number of nitrogens with zero attached hydrogens (tertiary/aromatic N) is 1. The third-order valence-corrected chi connectivity index (χ3v) is 3.58.